The van der Waals surface area contributed by atoms with Crippen LogP contribution in [0.25, 0.3) is 0 Å². The van der Waals surface area contributed by atoms with Crippen LogP contribution in [0.2, 0.25) is 5.02 Å². The van der Waals surface area contributed by atoms with E-state index in [0.717, 1.165) is 73.3 Å². The minimum Gasteiger partial charge on any atom is -0.489 e. The summed E-state index contributed by atoms with van der Waals surface area (Å²) in [4.78, 5) is 19.5. The Morgan fingerprint density at radius 2 is 1.92 bits per heavy atom. The van der Waals surface area contributed by atoms with Crippen molar-refractivity contribution in [2.24, 2.45) is 0 Å². The van der Waals surface area contributed by atoms with Crippen molar-refractivity contribution < 1.29 is 22.3 Å². The first-order valence-corrected chi connectivity index (χ1v) is 14.8. The Balaban J connectivity index is 1.32. The molecule has 7 nitrogen and oxygen atoms in total. The van der Waals surface area contributed by atoms with Gasteiger partial charge in [0, 0.05) is 24.6 Å². The lowest BCUT2D eigenvalue weighted by molar-refractivity contribution is 0.0639. The van der Waals surface area contributed by atoms with E-state index < -0.39 is 21.7 Å². The number of aromatic nitrogens is 1. The van der Waals surface area contributed by atoms with Gasteiger partial charge < -0.3 is 4.74 Å². The molecule has 0 bridgehead atoms. The first-order chi connectivity index (χ1) is 17.1. The third-order valence-electron chi connectivity index (χ3n) is 7.18. The summed E-state index contributed by atoms with van der Waals surface area (Å²) in [7, 11) is -3.80. The second-order valence-corrected chi connectivity index (χ2v) is 12.4. The van der Waals surface area contributed by atoms with Gasteiger partial charge in [0.05, 0.1) is 28.2 Å². The van der Waals surface area contributed by atoms with Gasteiger partial charge in [0.25, 0.3) is 5.91 Å². The Hall–Kier alpha value is -2.23. The number of amides is 1. The van der Waals surface area contributed by atoms with Crippen LogP contribution >= 0.6 is 11.6 Å². The number of rotatable bonds is 8. The van der Waals surface area contributed by atoms with Crippen molar-refractivity contribution in [3.63, 3.8) is 0 Å². The molecule has 2 aliphatic carbocycles. The summed E-state index contributed by atoms with van der Waals surface area (Å²) in [6.45, 7) is 3.73. The normalized spacial score (nSPS) is 21.7. The average Bonchev–Trinajstić information content (AvgIpc) is 3.72. The molecule has 0 radical (unpaired) electrons. The van der Waals surface area contributed by atoms with Crippen molar-refractivity contribution in [3.8, 4) is 5.75 Å². The average molecular weight is 536 g/mol. The van der Waals surface area contributed by atoms with E-state index in [-0.39, 0.29) is 23.6 Å². The Bertz CT molecular complexity index is 1280. The van der Waals surface area contributed by atoms with Crippen molar-refractivity contribution in [2.45, 2.75) is 69.4 Å². The zero-order valence-corrected chi connectivity index (χ0v) is 22.0. The number of hydrogen-bond acceptors (Lipinski definition) is 6. The lowest BCUT2D eigenvalue weighted by Gasteiger charge is -2.37. The molecule has 2 atom stereocenters. The first-order valence-electron chi connectivity index (χ1n) is 12.5. The Kier molecular flexibility index (Phi) is 7.00. The molecule has 1 N–H and O–H groups in total. The SMILES string of the molecule is C[C@@H](c1ccc(Cl)c(C2CC2)n1)N1CCCC(Oc2cc(F)c(C(=O)NS(C)(=O)=O)cc2C2CC2)C1. The largest absolute Gasteiger partial charge is 0.489 e. The van der Waals surface area contributed by atoms with Gasteiger partial charge in [-0.2, -0.15) is 0 Å². The van der Waals surface area contributed by atoms with E-state index in [1.807, 2.05) is 16.9 Å². The van der Waals surface area contributed by atoms with Gasteiger partial charge in [-0.1, -0.05) is 11.6 Å². The predicted octanol–water partition coefficient (Wildman–Crippen LogP) is 4.92. The molecule has 10 heteroatoms. The summed E-state index contributed by atoms with van der Waals surface area (Å²) in [5.41, 5.74) is 2.46. The minimum absolute atomic E-state index is 0.0906. The number of sulfonamides is 1. The second-order valence-electron chi connectivity index (χ2n) is 10.3. The van der Waals surface area contributed by atoms with E-state index >= 15 is 0 Å². The zero-order chi connectivity index (χ0) is 25.6. The number of hydrogen-bond donors (Lipinski definition) is 1. The Morgan fingerprint density at radius 3 is 2.58 bits per heavy atom. The van der Waals surface area contributed by atoms with E-state index in [4.69, 9.17) is 21.3 Å². The fourth-order valence-electron chi connectivity index (χ4n) is 4.91. The van der Waals surface area contributed by atoms with E-state index in [1.54, 1.807) is 0 Å². The maximum Gasteiger partial charge on any atom is 0.267 e. The van der Waals surface area contributed by atoms with Gasteiger partial charge >= 0.3 is 0 Å². The van der Waals surface area contributed by atoms with Crippen molar-refractivity contribution in [2.75, 3.05) is 19.3 Å². The van der Waals surface area contributed by atoms with Crippen LogP contribution in [0.4, 0.5) is 4.39 Å². The number of ether oxygens (including phenoxy) is 1. The zero-order valence-electron chi connectivity index (χ0n) is 20.5. The molecule has 1 amide bonds. The highest BCUT2D eigenvalue weighted by Crippen LogP contribution is 2.46. The summed E-state index contributed by atoms with van der Waals surface area (Å²) in [6.07, 6.45) is 6.63. The lowest BCUT2D eigenvalue weighted by Crippen LogP contribution is -2.42. The molecule has 2 heterocycles. The number of nitrogens with one attached hydrogen (secondary N) is 1. The fourth-order valence-corrected chi connectivity index (χ4v) is 5.62. The molecule has 0 spiro atoms. The van der Waals surface area contributed by atoms with Gasteiger partial charge in [0.15, 0.2) is 0 Å². The number of pyridine rings is 1. The molecular formula is C26H31ClFN3O4S. The number of carbonyl (C=O) groups is 1. The molecule has 3 fully saturated rings. The Labute approximate surface area is 216 Å². The fraction of sp³-hybridized carbons (Fsp3) is 0.538. The third-order valence-corrected chi connectivity index (χ3v) is 8.05. The number of likely N-dealkylation sites (tertiary alicyclic amines) is 1. The van der Waals surface area contributed by atoms with Crippen LogP contribution in [0.3, 0.4) is 0 Å². The molecule has 36 heavy (non-hydrogen) atoms. The van der Waals surface area contributed by atoms with Gasteiger partial charge in [0.1, 0.15) is 17.7 Å². The van der Waals surface area contributed by atoms with Crippen LogP contribution in [0.1, 0.15) is 90.6 Å². The molecule has 2 saturated carbocycles. The number of nitrogens with zero attached hydrogens (tertiary/aromatic N) is 2. The van der Waals surface area contributed by atoms with E-state index in [9.17, 15) is 17.6 Å². The highest BCUT2D eigenvalue weighted by Gasteiger charge is 2.33. The van der Waals surface area contributed by atoms with Gasteiger partial charge in [-0.25, -0.2) is 17.5 Å². The summed E-state index contributed by atoms with van der Waals surface area (Å²) < 4.78 is 46.0. The van der Waals surface area contributed by atoms with Crippen LogP contribution in [-0.4, -0.2) is 49.7 Å². The van der Waals surface area contributed by atoms with Crippen molar-refractivity contribution >= 4 is 27.5 Å². The summed E-state index contributed by atoms with van der Waals surface area (Å²) in [6, 6.07) is 6.70. The minimum atomic E-state index is -3.80. The highest BCUT2D eigenvalue weighted by atomic mass is 35.5. The molecule has 5 rings (SSSR count). The third kappa shape index (κ3) is 5.84. The molecule has 1 saturated heterocycles. The van der Waals surface area contributed by atoms with Gasteiger partial charge in [-0.3, -0.25) is 14.7 Å². The maximum absolute atomic E-state index is 14.9. The molecule has 194 valence electrons. The van der Waals surface area contributed by atoms with E-state index in [2.05, 4.69) is 11.8 Å². The molecule has 1 aliphatic heterocycles. The number of piperidine rings is 1. The maximum atomic E-state index is 14.9. The van der Waals surface area contributed by atoms with Crippen LogP contribution < -0.4 is 9.46 Å². The molecule has 1 aromatic heterocycles. The lowest BCUT2D eigenvalue weighted by atomic mass is 10.0. The van der Waals surface area contributed by atoms with E-state index in [0.29, 0.717) is 18.2 Å². The van der Waals surface area contributed by atoms with Crippen LogP contribution in [0.15, 0.2) is 24.3 Å². The van der Waals surface area contributed by atoms with Crippen LogP contribution in [0.5, 0.6) is 5.75 Å². The van der Waals surface area contributed by atoms with Gasteiger partial charge in [0.2, 0.25) is 10.0 Å². The number of carbonyl (C=O) groups excluding carboxylic acids is 1. The molecule has 3 aliphatic rings. The second kappa shape index (κ2) is 9.91. The highest BCUT2D eigenvalue weighted by molar-refractivity contribution is 7.89. The van der Waals surface area contributed by atoms with E-state index in [1.165, 1.54) is 12.1 Å². The molecule has 2 aromatic rings. The van der Waals surface area contributed by atoms with Crippen LogP contribution in [-0.2, 0) is 10.0 Å². The quantitative estimate of drug-likeness (QED) is 0.516. The monoisotopic (exact) mass is 535 g/mol. The number of benzene rings is 1. The predicted molar refractivity (Wildman–Crippen MR) is 136 cm³/mol. The Morgan fingerprint density at radius 1 is 1.19 bits per heavy atom. The first kappa shape index (κ1) is 25.4. The van der Waals surface area contributed by atoms with Crippen molar-refractivity contribution in [3.05, 3.63) is 57.6 Å². The van der Waals surface area contributed by atoms with Crippen LogP contribution in [0, 0.1) is 5.82 Å². The van der Waals surface area contributed by atoms with Crippen molar-refractivity contribution in [1.82, 2.24) is 14.6 Å². The van der Waals surface area contributed by atoms with Gasteiger partial charge in [-0.05, 0) is 81.7 Å². The smallest absolute Gasteiger partial charge is 0.267 e. The van der Waals surface area contributed by atoms with Gasteiger partial charge in [-0.15, -0.1) is 0 Å². The van der Waals surface area contributed by atoms with Crippen molar-refractivity contribution in [1.29, 1.82) is 0 Å². The standard InChI is InChI=1S/C26H31ClFN3O4S/c1-15(23-10-9-21(27)25(29-23)17-7-8-17)31-11-3-4-18(14-31)35-24-13-22(28)20(12-19(24)16-5-6-16)26(32)30-36(2,33)34/h9-10,12-13,15-18H,3-8,11,14H2,1-2H3,(H,30,32)/t15-,18?/m0/s1. The molecule has 1 aromatic carbocycles. The summed E-state index contributed by atoms with van der Waals surface area (Å²) >= 11 is 6.37. The number of halogens is 2. The summed E-state index contributed by atoms with van der Waals surface area (Å²) in [5, 5.41) is 0.733. The molecule has 1 unspecified atom stereocenters. The topological polar surface area (TPSA) is 88.6 Å². The summed E-state index contributed by atoms with van der Waals surface area (Å²) in [5.74, 6) is -0.675. The molecular weight excluding hydrogens is 505 g/mol.